The lowest BCUT2D eigenvalue weighted by Gasteiger charge is -1.91. The summed E-state index contributed by atoms with van der Waals surface area (Å²) in [6, 6.07) is 9.82. The summed E-state index contributed by atoms with van der Waals surface area (Å²) in [7, 11) is 5.44. The molecule has 0 N–H and O–H groups in total. The molecule has 0 saturated carbocycles. The molecule has 0 aliphatic carbocycles. The van der Waals surface area contributed by atoms with E-state index < -0.39 is 0 Å². The van der Waals surface area contributed by atoms with Gasteiger partial charge >= 0.3 is 0 Å². The summed E-state index contributed by atoms with van der Waals surface area (Å²) in [6.07, 6.45) is 3.19. The Kier molecular flexibility index (Phi) is 1.70. The van der Waals surface area contributed by atoms with Crippen LogP contribution in [-0.2, 0) is 0 Å². The number of aromatic nitrogens is 1. The van der Waals surface area contributed by atoms with Gasteiger partial charge in [-0.15, -0.1) is 7.98 Å². The van der Waals surface area contributed by atoms with Crippen LogP contribution in [0.5, 0.6) is 0 Å². The van der Waals surface area contributed by atoms with E-state index in [-0.39, 0.29) is 0 Å². The van der Waals surface area contributed by atoms with Gasteiger partial charge in [0, 0.05) is 5.56 Å². The van der Waals surface area contributed by atoms with Gasteiger partial charge < -0.3 is 8.90 Å². The van der Waals surface area contributed by atoms with Gasteiger partial charge in [0.15, 0.2) is 12.0 Å². The van der Waals surface area contributed by atoms with E-state index in [2.05, 4.69) is 0 Å². The summed E-state index contributed by atoms with van der Waals surface area (Å²) in [5.74, 6) is 0.776. The molecule has 0 aliphatic heterocycles. The number of oxazole rings is 1. The zero-order chi connectivity index (χ0) is 8.39. The smallest absolute Gasteiger partial charge is 0.273 e. The molecule has 1 aromatic heterocycles. The van der Waals surface area contributed by atoms with E-state index in [1.165, 1.54) is 10.9 Å². The van der Waals surface area contributed by atoms with Crippen molar-refractivity contribution in [3.63, 3.8) is 0 Å². The fourth-order valence-corrected chi connectivity index (χ4v) is 1.06. The summed E-state index contributed by atoms with van der Waals surface area (Å²) >= 11 is 0. The van der Waals surface area contributed by atoms with Crippen molar-refractivity contribution in [1.82, 2.24) is 0 Å². The highest BCUT2D eigenvalue weighted by Crippen LogP contribution is 2.15. The van der Waals surface area contributed by atoms with E-state index in [0.717, 1.165) is 11.3 Å². The maximum absolute atomic E-state index is 5.44. The van der Waals surface area contributed by atoms with E-state index in [1.807, 2.05) is 30.3 Å². The quantitative estimate of drug-likeness (QED) is 0.566. The van der Waals surface area contributed by atoms with Gasteiger partial charge in [0.05, 0.1) is 0 Å². The van der Waals surface area contributed by atoms with Gasteiger partial charge in [-0.25, -0.2) is 0 Å². The highest BCUT2D eigenvalue weighted by atomic mass is 16.3. The Balaban J connectivity index is 2.45. The van der Waals surface area contributed by atoms with Crippen LogP contribution in [0.15, 0.2) is 47.3 Å². The van der Waals surface area contributed by atoms with Crippen LogP contribution in [0.3, 0.4) is 0 Å². The minimum Gasteiger partial charge on any atom is -0.481 e. The average molecular weight is 156 g/mol. The average Bonchev–Trinajstić information content (AvgIpc) is 2.54. The second-order valence-electron chi connectivity index (χ2n) is 2.53. The zero-order valence-corrected chi connectivity index (χ0v) is 6.47. The lowest BCUT2D eigenvalue weighted by Crippen LogP contribution is -2.26. The minimum atomic E-state index is 0.776. The van der Waals surface area contributed by atoms with Crippen LogP contribution in [0.1, 0.15) is 0 Å². The van der Waals surface area contributed by atoms with Crippen LogP contribution in [0, 0.1) is 0 Å². The molecule has 2 rings (SSSR count). The summed E-state index contributed by atoms with van der Waals surface area (Å²) in [5.41, 5.74) is 1.03. The first-order valence-corrected chi connectivity index (χ1v) is 3.66. The Hall–Kier alpha value is -1.51. The van der Waals surface area contributed by atoms with Crippen LogP contribution in [0.4, 0.5) is 0 Å². The summed E-state index contributed by atoms with van der Waals surface area (Å²) in [4.78, 5) is 0. The third-order valence-electron chi connectivity index (χ3n) is 1.63. The van der Waals surface area contributed by atoms with Crippen LogP contribution in [-0.4, -0.2) is 7.98 Å². The van der Waals surface area contributed by atoms with E-state index >= 15 is 0 Å². The molecule has 0 fully saturated rings. The van der Waals surface area contributed by atoms with Gasteiger partial charge in [0.2, 0.25) is 0 Å². The molecule has 3 heteroatoms. The Morgan fingerprint density at radius 1 is 1.17 bits per heavy atom. The standard InChI is InChI=1S/C9H7BNO/c10-11-6-9(12-7-11)8-4-2-1-3-5-8/h1-7H. The lowest BCUT2D eigenvalue weighted by molar-refractivity contribution is -0.525. The van der Waals surface area contributed by atoms with Gasteiger partial charge in [0.1, 0.15) is 0 Å². The monoisotopic (exact) mass is 156 g/mol. The fourth-order valence-electron chi connectivity index (χ4n) is 1.06. The number of rotatable bonds is 1. The number of benzene rings is 1. The molecule has 0 unspecified atom stereocenters. The number of nitrogens with zero attached hydrogens (tertiary/aromatic N) is 1. The third-order valence-corrected chi connectivity index (χ3v) is 1.63. The first-order valence-electron chi connectivity index (χ1n) is 3.66. The summed E-state index contributed by atoms with van der Waals surface area (Å²) < 4.78 is 6.58. The minimum absolute atomic E-state index is 0.776. The molecule has 0 atom stereocenters. The van der Waals surface area contributed by atoms with Crippen LogP contribution >= 0.6 is 0 Å². The molecule has 1 heterocycles. The molecule has 12 heavy (non-hydrogen) atoms. The largest absolute Gasteiger partial charge is 0.481 e. The van der Waals surface area contributed by atoms with Crippen molar-refractivity contribution in [1.29, 1.82) is 0 Å². The van der Waals surface area contributed by atoms with Gasteiger partial charge in [-0.05, 0) is 0 Å². The Morgan fingerprint density at radius 3 is 2.50 bits per heavy atom. The van der Waals surface area contributed by atoms with Crippen LogP contribution in [0.2, 0.25) is 0 Å². The van der Waals surface area contributed by atoms with Crippen molar-refractivity contribution in [3.05, 3.63) is 42.9 Å². The third kappa shape index (κ3) is 1.26. The molecule has 57 valence electrons. The highest BCUT2D eigenvalue weighted by molar-refractivity contribution is 5.94. The molecule has 1 aromatic carbocycles. The first-order chi connectivity index (χ1) is 5.86. The molecule has 2 nitrogen and oxygen atoms in total. The molecule has 0 bridgehead atoms. The van der Waals surface area contributed by atoms with Crippen molar-refractivity contribution >= 4 is 7.98 Å². The first kappa shape index (κ1) is 7.16. The number of hydrogen-bond donors (Lipinski definition) is 0. The Morgan fingerprint density at radius 2 is 1.92 bits per heavy atom. The van der Waals surface area contributed by atoms with Crippen molar-refractivity contribution in [2.75, 3.05) is 0 Å². The van der Waals surface area contributed by atoms with E-state index in [9.17, 15) is 0 Å². The summed E-state index contributed by atoms with van der Waals surface area (Å²) in [5, 5.41) is 0. The molecular weight excluding hydrogens is 149 g/mol. The van der Waals surface area contributed by atoms with Crippen molar-refractivity contribution in [3.8, 4) is 11.3 Å². The molecule has 0 spiro atoms. The Labute approximate surface area is 71.9 Å². The predicted octanol–water partition coefficient (Wildman–Crippen LogP) is 1.17. The van der Waals surface area contributed by atoms with Crippen molar-refractivity contribution in [2.45, 2.75) is 0 Å². The van der Waals surface area contributed by atoms with Gasteiger partial charge in [0.25, 0.3) is 6.39 Å². The molecular formula is C9H7BNO. The molecule has 0 amide bonds. The topological polar surface area (TPSA) is 17.0 Å². The van der Waals surface area contributed by atoms with E-state index in [0.29, 0.717) is 0 Å². The number of hydrogen-bond acceptors (Lipinski definition) is 1. The molecule has 3 radical (unpaired) electrons. The van der Waals surface area contributed by atoms with Gasteiger partial charge in [-0.3, -0.25) is 0 Å². The lowest BCUT2D eigenvalue weighted by atomic mass is 10.2. The maximum Gasteiger partial charge on any atom is 0.273 e. The van der Waals surface area contributed by atoms with Crippen molar-refractivity contribution in [2.24, 2.45) is 0 Å². The van der Waals surface area contributed by atoms with E-state index in [1.54, 1.807) is 6.20 Å². The maximum atomic E-state index is 5.44. The van der Waals surface area contributed by atoms with Gasteiger partial charge in [-0.1, -0.05) is 30.3 Å². The fraction of sp³-hybridized carbons (Fsp3) is 0. The zero-order valence-electron chi connectivity index (χ0n) is 6.47. The van der Waals surface area contributed by atoms with Gasteiger partial charge in [-0.2, -0.15) is 0 Å². The molecule has 0 aliphatic rings. The second kappa shape index (κ2) is 2.85. The highest BCUT2D eigenvalue weighted by Gasteiger charge is 2.01. The second-order valence-corrected chi connectivity index (χ2v) is 2.53. The molecule has 0 saturated heterocycles. The van der Waals surface area contributed by atoms with Crippen LogP contribution in [0.25, 0.3) is 11.3 Å². The molecule has 2 aromatic rings. The predicted molar refractivity (Wildman–Crippen MR) is 45.5 cm³/mol. The summed E-state index contributed by atoms with van der Waals surface area (Å²) in [6.45, 7) is 0. The van der Waals surface area contributed by atoms with E-state index in [4.69, 9.17) is 12.4 Å². The normalized spacial score (nSPS) is 10.1. The SMILES string of the molecule is [B-][n+]1coc(-c2ccccc2)c1. The van der Waals surface area contributed by atoms with Crippen LogP contribution < -0.4 is 4.48 Å². The van der Waals surface area contributed by atoms with Crippen molar-refractivity contribution < 1.29 is 8.90 Å². The Bertz CT molecular complexity index is 369.